The van der Waals surface area contributed by atoms with Gasteiger partial charge in [0, 0.05) is 29.2 Å². The Labute approximate surface area is 212 Å². The fourth-order valence-corrected chi connectivity index (χ4v) is 4.92. The highest BCUT2D eigenvalue weighted by atomic mass is 35.5. The zero-order valence-corrected chi connectivity index (χ0v) is 20.3. The van der Waals surface area contributed by atoms with Crippen LogP contribution >= 0.6 is 22.9 Å². The van der Waals surface area contributed by atoms with E-state index in [1.807, 2.05) is 0 Å². The molecule has 2 aromatic rings. The average Bonchev–Trinajstić information content (AvgIpc) is 3.34. The number of carbonyl (C=O) groups excluding carboxylic acids is 1. The molecule has 3 heterocycles. The average molecular weight is 545 g/mol. The van der Waals surface area contributed by atoms with Crippen LogP contribution in [0.5, 0.6) is 0 Å². The number of ether oxygens (including phenoxy) is 2. The van der Waals surface area contributed by atoms with Gasteiger partial charge in [0.15, 0.2) is 10.8 Å². The van der Waals surface area contributed by atoms with Crippen molar-refractivity contribution in [3.63, 3.8) is 0 Å². The lowest BCUT2D eigenvalue weighted by Crippen LogP contribution is -2.52. The Morgan fingerprint density at radius 3 is 2.81 bits per heavy atom. The van der Waals surface area contributed by atoms with Crippen LogP contribution in [0.2, 0.25) is 5.02 Å². The summed E-state index contributed by atoms with van der Waals surface area (Å²) in [5.41, 5.74) is 0.160. The molecule has 1 N–H and O–H groups in total. The number of morpholine rings is 1. The second kappa shape index (κ2) is 10.9. The van der Waals surface area contributed by atoms with E-state index in [0.29, 0.717) is 5.56 Å². The third kappa shape index (κ3) is 5.38. The number of carboxylic acids is 1. The maximum atomic E-state index is 13.7. The number of benzene rings is 1. The summed E-state index contributed by atoms with van der Waals surface area (Å²) in [5, 5.41) is 10.9. The molecule has 2 aliphatic heterocycles. The number of hydrogen-bond donors (Lipinski definition) is 1. The summed E-state index contributed by atoms with van der Waals surface area (Å²) < 4.78 is 50.4. The molecule has 1 aromatic carbocycles. The molecule has 0 unspecified atom stereocenters. The maximum Gasteiger partial charge on any atom is 0.419 e. The number of aliphatic imine (C=N–C) groups is 1. The summed E-state index contributed by atoms with van der Waals surface area (Å²) in [5.74, 6) is -1.76. The third-order valence-electron chi connectivity index (χ3n) is 5.58. The first-order valence-corrected chi connectivity index (χ1v) is 11.9. The predicted molar refractivity (Wildman–Crippen MR) is 124 cm³/mol. The van der Waals surface area contributed by atoms with Crippen LogP contribution in [-0.2, 0) is 14.3 Å². The van der Waals surface area contributed by atoms with Crippen molar-refractivity contribution in [3.8, 4) is 0 Å². The Hall–Kier alpha value is -3.00. The number of aliphatic carboxylic acids is 1. The molecule has 4 rings (SSSR count). The zero-order chi connectivity index (χ0) is 26.0. The number of amidine groups is 1. The van der Waals surface area contributed by atoms with E-state index in [-0.39, 0.29) is 47.9 Å². The third-order valence-corrected chi connectivity index (χ3v) is 6.76. The SMILES string of the molecule is COC(=O)N1C(CN2CCOC[C@H]2C(=O)O)=C[C@H](c2ccc(F)cc2Cl)N=C1c1nc(C(F)F)cs1. The van der Waals surface area contributed by atoms with Crippen molar-refractivity contribution in [2.24, 2.45) is 4.99 Å². The van der Waals surface area contributed by atoms with Gasteiger partial charge in [-0.2, -0.15) is 0 Å². The number of hydrogen-bond acceptors (Lipinski definition) is 8. The van der Waals surface area contributed by atoms with Crippen molar-refractivity contribution in [1.82, 2.24) is 14.8 Å². The molecule has 0 radical (unpaired) electrons. The lowest BCUT2D eigenvalue weighted by molar-refractivity contribution is -0.149. The van der Waals surface area contributed by atoms with Crippen molar-refractivity contribution in [3.05, 3.63) is 62.5 Å². The lowest BCUT2D eigenvalue weighted by Gasteiger charge is -2.37. The number of carboxylic acid groups (broad SMARTS) is 1. The molecular formula is C22H20ClF3N4O5S. The van der Waals surface area contributed by atoms with Crippen molar-refractivity contribution < 1.29 is 37.3 Å². The minimum absolute atomic E-state index is 0.0151. The van der Waals surface area contributed by atoms with E-state index in [1.54, 1.807) is 11.0 Å². The summed E-state index contributed by atoms with van der Waals surface area (Å²) >= 11 is 7.13. The molecule has 0 aliphatic carbocycles. The Kier molecular flexibility index (Phi) is 7.93. The van der Waals surface area contributed by atoms with Gasteiger partial charge >= 0.3 is 12.1 Å². The van der Waals surface area contributed by atoms with Crippen LogP contribution in [0, 0.1) is 5.82 Å². The summed E-state index contributed by atoms with van der Waals surface area (Å²) in [4.78, 5) is 35.8. The van der Waals surface area contributed by atoms with Crippen molar-refractivity contribution in [2.75, 3.05) is 33.4 Å². The molecule has 9 nitrogen and oxygen atoms in total. The van der Waals surface area contributed by atoms with Gasteiger partial charge in [-0.15, -0.1) is 11.3 Å². The molecule has 0 spiro atoms. The van der Waals surface area contributed by atoms with E-state index < -0.39 is 42.1 Å². The second-order valence-electron chi connectivity index (χ2n) is 7.80. The van der Waals surface area contributed by atoms with Gasteiger partial charge in [-0.25, -0.2) is 27.8 Å². The molecule has 2 atom stereocenters. The number of amides is 1. The van der Waals surface area contributed by atoms with Gasteiger partial charge in [0.2, 0.25) is 0 Å². The molecule has 2 aliphatic rings. The number of alkyl halides is 2. The molecule has 1 saturated heterocycles. The van der Waals surface area contributed by atoms with E-state index in [9.17, 15) is 27.9 Å². The van der Waals surface area contributed by atoms with Gasteiger partial charge in [-0.3, -0.25) is 14.7 Å². The molecule has 192 valence electrons. The number of aromatic nitrogens is 1. The van der Waals surface area contributed by atoms with Crippen LogP contribution in [0.15, 0.2) is 40.3 Å². The molecule has 1 aromatic heterocycles. The van der Waals surface area contributed by atoms with Gasteiger partial charge in [-0.1, -0.05) is 17.7 Å². The van der Waals surface area contributed by atoms with Gasteiger partial charge in [0.05, 0.1) is 26.4 Å². The van der Waals surface area contributed by atoms with Crippen LogP contribution in [0.4, 0.5) is 18.0 Å². The van der Waals surface area contributed by atoms with Crippen LogP contribution in [-0.4, -0.2) is 77.2 Å². The van der Waals surface area contributed by atoms with Crippen LogP contribution in [0.1, 0.15) is 28.7 Å². The highest BCUT2D eigenvalue weighted by molar-refractivity contribution is 7.11. The maximum absolute atomic E-state index is 13.7. The monoisotopic (exact) mass is 544 g/mol. The molecule has 0 saturated carbocycles. The molecule has 1 amide bonds. The van der Waals surface area contributed by atoms with Crippen molar-refractivity contribution in [1.29, 1.82) is 0 Å². The number of nitrogens with zero attached hydrogens (tertiary/aromatic N) is 4. The van der Waals surface area contributed by atoms with Gasteiger partial charge in [0.1, 0.15) is 17.6 Å². The Morgan fingerprint density at radius 1 is 1.39 bits per heavy atom. The number of carbonyl (C=O) groups is 2. The highest BCUT2D eigenvalue weighted by Crippen LogP contribution is 2.35. The Morgan fingerprint density at radius 2 is 2.17 bits per heavy atom. The van der Waals surface area contributed by atoms with Crippen molar-refractivity contribution in [2.45, 2.75) is 18.5 Å². The van der Waals surface area contributed by atoms with E-state index in [1.165, 1.54) is 12.1 Å². The molecular weight excluding hydrogens is 525 g/mol. The lowest BCUT2D eigenvalue weighted by atomic mass is 10.0. The molecule has 1 fully saturated rings. The van der Waals surface area contributed by atoms with Gasteiger partial charge < -0.3 is 14.6 Å². The van der Waals surface area contributed by atoms with Gasteiger partial charge in [0.25, 0.3) is 6.43 Å². The first-order chi connectivity index (χ1) is 17.2. The number of methoxy groups -OCH3 is 1. The fraction of sp³-hybridized carbons (Fsp3) is 0.364. The van der Waals surface area contributed by atoms with Gasteiger partial charge in [-0.05, 0) is 23.8 Å². The smallest absolute Gasteiger partial charge is 0.419 e. The second-order valence-corrected chi connectivity index (χ2v) is 9.07. The standard InChI is InChI=1S/C22H20ClF3N4O5S/c1-34-22(33)30-12(8-29-4-5-35-9-17(29)21(31)32)7-15(13-3-2-11(24)6-14(13)23)27-19(30)20-28-16(10-36-20)18(25)26/h2-3,6-7,10,15,17-18H,4-5,8-9H2,1H3,(H,31,32)/t15-,17+/m1/s1. The first-order valence-electron chi connectivity index (χ1n) is 10.6. The molecule has 36 heavy (non-hydrogen) atoms. The van der Waals surface area contributed by atoms with E-state index in [2.05, 4.69) is 9.98 Å². The van der Waals surface area contributed by atoms with Crippen LogP contribution in [0.3, 0.4) is 0 Å². The van der Waals surface area contributed by atoms with E-state index in [4.69, 9.17) is 21.1 Å². The van der Waals surface area contributed by atoms with E-state index >= 15 is 0 Å². The zero-order valence-electron chi connectivity index (χ0n) is 18.7. The molecule has 0 bridgehead atoms. The normalized spacial score (nSPS) is 20.8. The summed E-state index contributed by atoms with van der Waals surface area (Å²) in [6.07, 6.45) is -2.15. The Balaban J connectivity index is 1.82. The van der Waals surface area contributed by atoms with Crippen LogP contribution < -0.4 is 0 Å². The number of thiazole rings is 1. The quantitative estimate of drug-likeness (QED) is 0.583. The topological polar surface area (TPSA) is 105 Å². The molecule has 14 heteroatoms. The minimum atomic E-state index is -2.84. The highest BCUT2D eigenvalue weighted by Gasteiger charge is 2.37. The summed E-state index contributed by atoms with van der Waals surface area (Å²) in [6.45, 7) is 0.425. The first kappa shape index (κ1) is 26.1. The van der Waals surface area contributed by atoms with E-state index in [0.717, 1.165) is 34.8 Å². The van der Waals surface area contributed by atoms with Crippen LogP contribution in [0.25, 0.3) is 0 Å². The largest absolute Gasteiger partial charge is 0.480 e. The Bertz CT molecular complexity index is 1220. The minimum Gasteiger partial charge on any atom is -0.480 e. The predicted octanol–water partition coefficient (Wildman–Crippen LogP) is 4.11. The summed E-state index contributed by atoms with van der Waals surface area (Å²) in [6, 6.07) is 1.88. The fourth-order valence-electron chi connectivity index (χ4n) is 3.84. The summed E-state index contributed by atoms with van der Waals surface area (Å²) in [7, 11) is 1.14. The van der Waals surface area contributed by atoms with Crippen molar-refractivity contribution >= 4 is 40.8 Å². The number of halogens is 4. The number of rotatable bonds is 6.